The van der Waals surface area contributed by atoms with Gasteiger partial charge in [-0.1, -0.05) is 6.07 Å². The molecule has 0 fully saturated rings. The second-order valence-electron chi connectivity index (χ2n) is 3.73. The molecule has 7 heteroatoms. The zero-order valence-electron chi connectivity index (χ0n) is 9.41. The number of ether oxygens (including phenoxy) is 1. The molecular formula is C11H12F4O3. The average Bonchev–Trinajstić information content (AvgIpc) is 2.25. The van der Waals surface area contributed by atoms with E-state index in [0.29, 0.717) is 0 Å². The van der Waals surface area contributed by atoms with Gasteiger partial charge < -0.3 is 14.9 Å². The lowest BCUT2D eigenvalue weighted by Gasteiger charge is -2.16. The predicted octanol–water partition coefficient (Wildman–Crippen LogP) is 2.18. The van der Waals surface area contributed by atoms with Crippen LogP contribution in [0.3, 0.4) is 0 Å². The Morgan fingerprint density at radius 1 is 1.28 bits per heavy atom. The number of aliphatic hydroxyl groups excluding tert-OH is 2. The van der Waals surface area contributed by atoms with E-state index in [1.54, 1.807) is 0 Å². The maximum Gasteiger partial charge on any atom is 0.417 e. The Bertz CT molecular complexity index is 404. The van der Waals surface area contributed by atoms with Gasteiger partial charge in [0.2, 0.25) is 0 Å². The smallest absolute Gasteiger partial charge is 0.417 e. The van der Waals surface area contributed by atoms with Crippen LogP contribution in [0.15, 0.2) is 18.2 Å². The van der Waals surface area contributed by atoms with Crippen molar-refractivity contribution in [2.45, 2.75) is 25.3 Å². The van der Waals surface area contributed by atoms with E-state index in [2.05, 4.69) is 4.74 Å². The van der Waals surface area contributed by atoms with Gasteiger partial charge in [0.15, 0.2) is 17.7 Å². The number of halogens is 4. The monoisotopic (exact) mass is 268 g/mol. The molecule has 0 aliphatic carbocycles. The largest absolute Gasteiger partial charge is 0.487 e. The average molecular weight is 268 g/mol. The molecule has 2 N–H and O–H groups in total. The summed E-state index contributed by atoms with van der Waals surface area (Å²) in [6.07, 6.45) is -8.38. The number of rotatable bonds is 4. The summed E-state index contributed by atoms with van der Waals surface area (Å²) >= 11 is 0. The van der Waals surface area contributed by atoms with E-state index in [-0.39, 0.29) is 5.56 Å². The second kappa shape index (κ2) is 5.53. The highest BCUT2D eigenvalue weighted by Crippen LogP contribution is 2.24. The van der Waals surface area contributed by atoms with Crippen molar-refractivity contribution in [1.82, 2.24) is 0 Å². The Labute approximate surface area is 101 Å². The zero-order chi connectivity index (χ0) is 13.9. The summed E-state index contributed by atoms with van der Waals surface area (Å²) in [5, 5.41) is 17.8. The first-order chi connectivity index (χ1) is 8.21. The van der Waals surface area contributed by atoms with Crippen LogP contribution in [0.2, 0.25) is 0 Å². The minimum atomic E-state index is -4.81. The molecule has 0 bridgehead atoms. The summed E-state index contributed by atoms with van der Waals surface area (Å²) in [6, 6.07) is 3.38. The molecule has 18 heavy (non-hydrogen) atoms. The first-order valence-corrected chi connectivity index (χ1v) is 5.07. The quantitative estimate of drug-likeness (QED) is 0.823. The zero-order valence-corrected chi connectivity index (χ0v) is 9.41. The summed E-state index contributed by atoms with van der Waals surface area (Å²) in [7, 11) is 0. The third kappa shape index (κ3) is 3.85. The summed E-state index contributed by atoms with van der Waals surface area (Å²) in [5.41, 5.74) is 0.274. The van der Waals surface area contributed by atoms with Crippen LogP contribution in [0.4, 0.5) is 17.6 Å². The topological polar surface area (TPSA) is 49.7 Å². The summed E-state index contributed by atoms with van der Waals surface area (Å²) in [4.78, 5) is 0. The summed E-state index contributed by atoms with van der Waals surface area (Å²) < 4.78 is 53.8. The van der Waals surface area contributed by atoms with E-state index >= 15 is 0 Å². The molecule has 0 aliphatic heterocycles. The first kappa shape index (κ1) is 14.7. The number of hydrogen-bond acceptors (Lipinski definition) is 3. The molecule has 102 valence electrons. The molecule has 0 spiro atoms. The van der Waals surface area contributed by atoms with E-state index in [1.165, 1.54) is 13.0 Å². The van der Waals surface area contributed by atoms with Crippen molar-refractivity contribution in [2.75, 3.05) is 6.61 Å². The van der Waals surface area contributed by atoms with E-state index in [4.69, 9.17) is 10.2 Å². The molecular weight excluding hydrogens is 256 g/mol. The van der Waals surface area contributed by atoms with Crippen LogP contribution in [0, 0.1) is 5.82 Å². The van der Waals surface area contributed by atoms with Crippen molar-refractivity contribution in [1.29, 1.82) is 0 Å². The lowest BCUT2D eigenvalue weighted by atomic mass is 10.1. The van der Waals surface area contributed by atoms with Gasteiger partial charge in [-0.2, -0.15) is 13.2 Å². The standard InChI is InChI=1S/C11H12F4O3/c1-6(16)7-2-3-9(8(12)4-7)18-5-10(17)11(13,14)15/h2-4,6,10,16-17H,5H2,1H3/t6-,10?/m1/s1. The minimum absolute atomic E-state index is 0.274. The fraction of sp³-hybridized carbons (Fsp3) is 0.455. The Balaban J connectivity index is 2.69. The van der Waals surface area contributed by atoms with Gasteiger partial charge in [0, 0.05) is 0 Å². The molecule has 0 saturated heterocycles. The van der Waals surface area contributed by atoms with Crippen LogP contribution < -0.4 is 4.74 Å². The first-order valence-electron chi connectivity index (χ1n) is 5.07. The number of alkyl halides is 3. The maximum absolute atomic E-state index is 13.4. The number of benzene rings is 1. The van der Waals surface area contributed by atoms with Crippen LogP contribution >= 0.6 is 0 Å². The number of hydrogen-bond donors (Lipinski definition) is 2. The van der Waals surface area contributed by atoms with Crippen molar-refractivity contribution in [2.24, 2.45) is 0 Å². The predicted molar refractivity (Wildman–Crippen MR) is 54.6 cm³/mol. The molecule has 1 aromatic rings. The van der Waals surface area contributed by atoms with Gasteiger partial charge in [0.05, 0.1) is 6.10 Å². The van der Waals surface area contributed by atoms with Crippen molar-refractivity contribution in [3.8, 4) is 5.75 Å². The van der Waals surface area contributed by atoms with Gasteiger partial charge in [-0.25, -0.2) is 4.39 Å². The van der Waals surface area contributed by atoms with E-state index < -0.39 is 36.6 Å². The molecule has 2 atom stereocenters. The van der Waals surface area contributed by atoms with Crippen LogP contribution in [0.25, 0.3) is 0 Å². The van der Waals surface area contributed by atoms with Gasteiger partial charge in [0.1, 0.15) is 6.61 Å². The van der Waals surface area contributed by atoms with E-state index in [1.807, 2.05) is 0 Å². The van der Waals surface area contributed by atoms with E-state index in [0.717, 1.165) is 12.1 Å². The highest BCUT2D eigenvalue weighted by atomic mass is 19.4. The second-order valence-corrected chi connectivity index (χ2v) is 3.73. The van der Waals surface area contributed by atoms with Gasteiger partial charge >= 0.3 is 6.18 Å². The minimum Gasteiger partial charge on any atom is -0.487 e. The maximum atomic E-state index is 13.4. The Morgan fingerprint density at radius 2 is 1.89 bits per heavy atom. The Kier molecular flexibility index (Phi) is 4.53. The lowest BCUT2D eigenvalue weighted by molar-refractivity contribution is -0.210. The molecule has 1 unspecified atom stereocenters. The van der Waals surface area contributed by atoms with Gasteiger partial charge in [-0.05, 0) is 24.6 Å². The molecule has 0 saturated carbocycles. The van der Waals surface area contributed by atoms with Crippen molar-refractivity contribution >= 4 is 0 Å². The van der Waals surface area contributed by atoms with Crippen molar-refractivity contribution < 1.29 is 32.5 Å². The summed E-state index contributed by atoms with van der Waals surface area (Å²) in [6.45, 7) is 0.331. The van der Waals surface area contributed by atoms with Crippen molar-refractivity contribution in [3.63, 3.8) is 0 Å². The van der Waals surface area contributed by atoms with Crippen LogP contribution in [-0.2, 0) is 0 Å². The molecule has 1 rings (SSSR count). The van der Waals surface area contributed by atoms with Crippen molar-refractivity contribution in [3.05, 3.63) is 29.6 Å². The molecule has 0 aromatic heterocycles. The summed E-state index contributed by atoms with van der Waals surface area (Å²) in [5.74, 6) is -1.31. The third-order valence-electron chi connectivity index (χ3n) is 2.21. The highest BCUT2D eigenvalue weighted by molar-refractivity contribution is 5.30. The fourth-order valence-electron chi connectivity index (χ4n) is 1.16. The Hall–Kier alpha value is -1.34. The molecule has 0 aliphatic rings. The van der Waals surface area contributed by atoms with Crippen LogP contribution in [-0.4, -0.2) is 29.1 Å². The van der Waals surface area contributed by atoms with Gasteiger partial charge in [-0.3, -0.25) is 0 Å². The molecule has 1 aromatic carbocycles. The van der Waals surface area contributed by atoms with Crippen LogP contribution in [0.1, 0.15) is 18.6 Å². The SMILES string of the molecule is C[C@@H](O)c1ccc(OCC(O)C(F)(F)F)c(F)c1. The molecule has 0 heterocycles. The molecule has 0 amide bonds. The normalized spacial score (nSPS) is 15.3. The van der Waals surface area contributed by atoms with Crippen LogP contribution in [0.5, 0.6) is 5.75 Å². The lowest BCUT2D eigenvalue weighted by Crippen LogP contribution is -2.34. The van der Waals surface area contributed by atoms with Gasteiger partial charge in [0.25, 0.3) is 0 Å². The third-order valence-corrected chi connectivity index (χ3v) is 2.21. The Morgan fingerprint density at radius 3 is 2.33 bits per heavy atom. The molecule has 0 radical (unpaired) electrons. The van der Waals surface area contributed by atoms with Gasteiger partial charge in [-0.15, -0.1) is 0 Å². The van der Waals surface area contributed by atoms with E-state index in [9.17, 15) is 17.6 Å². The fourth-order valence-corrected chi connectivity index (χ4v) is 1.16. The number of aliphatic hydroxyl groups is 2. The highest BCUT2D eigenvalue weighted by Gasteiger charge is 2.38. The molecule has 3 nitrogen and oxygen atoms in total.